The van der Waals surface area contributed by atoms with Crippen LogP contribution in [0.5, 0.6) is 0 Å². The van der Waals surface area contributed by atoms with Crippen molar-refractivity contribution in [2.75, 3.05) is 5.32 Å². The van der Waals surface area contributed by atoms with E-state index in [1.54, 1.807) is 12.1 Å². The van der Waals surface area contributed by atoms with Gasteiger partial charge in [0.2, 0.25) is 0 Å². The van der Waals surface area contributed by atoms with Gasteiger partial charge in [0.25, 0.3) is 12.4 Å². The Morgan fingerprint density at radius 2 is 1.56 bits per heavy atom. The van der Waals surface area contributed by atoms with E-state index in [1.807, 2.05) is 48.5 Å². The molecule has 1 fully saturated rings. The van der Waals surface area contributed by atoms with Crippen molar-refractivity contribution < 1.29 is 23.9 Å². The summed E-state index contributed by atoms with van der Waals surface area (Å²) in [5.41, 5.74) is 4.53. The maximum absolute atomic E-state index is 13.4. The minimum absolute atomic E-state index is 0.199. The van der Waals surface area contributed by atoms with Crippen LogP contribution in [0.1, 0.15) is 40.1 Å². The lowest BCUT2D eigenvalue weighted by molar-refractivity contribution is -0.122. The molecule has 1 heterocycles. The number of H-pyrrole nitrogens is 1. The lowest BCUT2D eigenvalue weighted by atomic mass is 9.80. The summed E-state index contributed by atoms with van der Waals surface area (Å²) in [7, 11) is 0. The molecule has 0 unspecified atom stereocenters. The minimum Gasteiger partial charge on any atom is -0.483 e. The summed E-state index contributed by atoms with van der Waals surface area (Å²) in [6.45, 7) is -0.250. The van der Waals surface area contributed by atoms with Crippen LogP contribution in [0.4, 0.5) is 10.1 Å². The highest BCUT2D eigenvalue weighted by atomic mass is 19.1. The SMILES string of the molecule is O=C(Nc1ccc(-c2ccc(C(=O)C3CCC3)cc2)cc1)c1cc2cc(F)ccc2[nH]1.O=CO. The number of carbonyl (C=O) groups excluding carboxylic acids is 2. The first-order chi connectivity index (χ1) is 16.5. The average molecular weight is 458 g/mol. The summed E-state index contributed by atoms with van der Waals surface area (Å²) in [5, 5.41) is 10.4. The zero-order valence-corrected chi connectivity index (χ0v) is 18.3. The van der Waals surface area contributed by atoms with E-state index < -0.39 is 0 Å². The fourth-order valence-electron chi connectivity index (χ4n) is 3.90. The van der Waals surface area contributed by atoms with Gasteiger partial charge >= 0.3 is 0 Å². The molecular formula is C27H23FN2O4. The second-order valence-electron chi connectivity index (χ2n) is 8.12. The molecule has 0 radical (unpaired) electrons. The van der Waals surface area contributed by atoms with Crippen LogP contribution in [0, 0.1) is 11.7 Å². The van der Waals surface area contributed by atoms with E-state index in [0.29, 0.717) is 22.3 Å². The number of nitrogens with one attached hydrogen (secondary N) is 2. The zero-order chi connectivity index (χ0) is 24.1. The molecule has 3 aromatic carbocycles. The Balaban J connectivity index is 0.000000868. The van der Waals surface area contributed by atoms with E-state index in [4.69, 9.17) is 9.90 Å². The van der Waals surface area contributed by atoms with Crippen LogP contribution >= 0.6 is 0 Å². The molecule has 1 amide bonds. The molecule has 0 atom stereocenters. The summed E-state index contributed by atoms with van der Waals surface area (Å²) in [6.07, 6.45) is 3.16. The van der Waals surface area contributed by atoms with Gasteiger partial charge in [-0.1, -0.05) is 42.8 Å². The average Bonchev–Trinajstić information content (AvgIpc) is 3.22. The molecule has 1 aromatic heterocycles. The normalized spacial score (nSPS) is 12.9. The third kappa shape index (κ3) is 5.04. The van der Waals surface area contributed by atoms with Crippen LogP contribution in [0.2, 0.25) is 0 Å². The van der Waals surface area contributed by atoms with Gasteiger partial charge in [0.15, 0.2) is 5.78 Å². The molecule has 5 rings (SSSR count). The molecule has 1 saturated carbocycles. The number of amides is 1. The van der Waals surface area contributed by atoms with Gasteiger partial charge in [-0.25, -0.2) is 4.39 Å². The predicted molar refractivity (Wildman–Crippen MR) is 128 cm³/mol. The van der Waals surface area contributed by atoms with Crippen LogP contribution in [-0.2, 0) is 4.79 Å². The number of hydrogen-bond acceptors (Lipinski definition) is 3. The van der Waals surface area contributed by atoms with Crippen molar-refractivity contribution in [1.29, 1.82) is 0 Å². The Hall–Kier alpha value is -4.26. The van der Waals surface area contributed by atoms with Crippen LogP contribution < -0.4 is 5.32 Å². The number of hydrogen-bond donors (Lipinski definition) is 3. The summed E-state index contributed by atoms with van der Waals surface area (Å²) >= 11 is 0. The van der Waals surface area contributed by atoms with Crippen molar-refractivity contribution in [3.8, 4) is 11.1 Å². The molecule has 34 heavy (non-hydrogen) atoms. The number of carboxylic acid groups (broad SMARTS) is 1. The molecule has 4 aromatic rings. The van der Waals surface area contributed by atoms with Gasteiger partial charge in [0, 0.05) is 28.1 Å². The fourth-order valence-corrected chi connectivity index (χ4v) is 3.90. The Morgan fingerprint density at radius 1 is 0.941 bits per heavy atom. The van der Waals surface area contributed by atoms with Crippen molar-refractivity contribution in [3.05, 3.63) is 89.9 Å². The summed E-state index contributed by atoms with van der Waals surface area (Å²) in [4.78, 5) is 36.3. The number of aromatic nitrogens is 1. The number of halogens is 1. The molecule has 0 bridgehead atoms. The summed E-state index contributed by atoms with van der Waals surface area (Å²) < 4.78 is 13.4. The van der Waals surface area contributed by atoms with Gasteiger partial charge in [-0.15, -0.1) is 0 Å². The van der Waals surface area contributed by atoms with Crippen molar-refractivity contribution in [3.63, 3.8) is 0 Å². The third-order valence-electron chi connectivity index (χ3n) is 5.95. The van der Waals surface area contributed by atoms with Gasteiger partial charge in [-0.3, -0.25) is 14.4 Å². The Kier molecular flexibility index (Phi) is 6.82. The number of anilines is 1. The smallest absolute Gasteiger partial charge is 0.290 e. The molecule has 0 saturated heterocycles. The second-order valence-corrected chi connectivity index (χ2v) is 8.12. The van der Waals surface area contributed by atoms with Gasteiger partial charge < -0.3 is 15.4 Å². The number of fused-ring (bicyclic) bond motifs is 1. The van der Waals surface area contributed by atoms with Crippen molar-refractivity contribution in [1.82, 2.24) is 4.98 Å². The lowest BCUT2D eigenvalue weighted by Gasteiger charge is -2.23. The Morgan fingerprint density at radius 3 is 2.15 bits per heavy atom. The van der Waals surface area contributed by atoms with E-state index in [9.17, 15) is 14.0 Å². The highest BCUT2D eigenvalue weighted by Gasteiger charge is 2.25. The molecule has 1 aliphatic carbocycles. The monoisotopic (exact) mass is 458 g/mol. The molecule has 6 nitrogen and oxygen atoms in total. The lowest BCUT2D eigenvalue weighted by Crippen LogP contribution is -2.21. The van der Waals surface area contributed by atoms with Crippen molar-refractivity contribution >= 4 is 34.8 Å². The maximum Gasteiger partial charge on any atom is 0.290 e. The zero-order valence-electron chi connectivity index (χ0n) is 18.3. The van der Waals surface area contributed by atoms with Crippen LogP contribution in [-0.4, -0.2) is 28.3 Å². The van der Waals surface area contributed by atoms with Crippen molar-refractivity contribution in [2.24, 2.45) is 5.92 Å². The summed E-state index contributed by atoms with van der Waals surface area (Å²) in [5.74, 6) is -0.182. The molecule has 3 N–H and O–H groups in total. The van der Waals surface area contributed by atoms with Crippen molar-refractivity contribution in [2.45, 2.75) is 19.3 Å². The maximum atomic E-state index is 13.4. The molecule has 7 heteroatoms. The Bertz CT molecular complexity index is 1320. The predicted octanol–water partition coefficient (Wildman–Crippen LogP) is 5.91. The first kappa shape index (κ1) is 22.9. The molecule has 1 aliphatic rings. The third-order valence-corrected chi connectivity index (χ3v) is 5.95. The van der Waals surface area contributed by atoms with E-state index in [1.165, 1.54) is 12.1 Å². The highest BCUT2D eigenvalue weighted by molar-refractivity contribution is 6.06. The first-order valence-electron chi connectivity index (χ1n) is 10.9. The number of rotatable bonds is 5. The largest absolute Gasteiger partial charge is 0.483 e. The van der Waals surface area contributed by atoms with Crippen LogP contribution in [0.15, 0.2) is 72.8 Å². The fraction of sp³-hybridized carbons (Fsp3) is 0.148. The van der Waals surface area contributed by atoms with E-state index in [0.717, 1.165) is 36.0 Å². The quantitative estimate of drug-likeness (QED) is 0.256. The van der Waals surface area contributed by atoms with Gasteiger partial charge in [-0.2, -0.15) is 0 Å². The molecular weight excluding hydrogens is 435 g/mol. The first-order valence-corrected chi connectivity index (χ1v) is 10.9. The molecule has 0 spiro atoms. The number of carbonyl (C=O) groups is 3. The van der Waals surface area contributed by atoms with E-state index in [-0.39, 0.29) is 29.9 Å². The van der Waals surface area contributed by atoms with Gasteiger partial charge in [0.05, 0.1) is 0 Å². The standard InChI is InChI=1S/C26H21FN2O2.CH2O2/c27-21-10-13-23-20(14-21)15-24(29-23)26(31)28-22-11-8-17(9-12-22)16-4-6-19(7-5-16)25(30)18-2-1-3-18;2-1-3/h4-15,18,29H,1-3H2,(H,28,31);1H,(H,2,3). The minimum atomic E-state index is -0.338. The topological polar surface area (TPSA) is 99.3 Å². The van der Waals surface area contributed by atoms with E-state index in [2.05, 4.69) is 10.3 Å². The second kappa shape index (κ2) is 10.1. The van der Waals surface area contributed by atoms with Crippen LogP contribution in [0.3, 0.4) is 0 Å². The van der Waals surface area contributed by atoms with Gasteiger partial charge in [-0.05, 0) is 60.4 Å². The highest BCUT2D eigenvalue weighted by Crippen LogP contribution is 2.30. The van der Waals surface area contributed by atoms with Crippen LogP contribution in [0.25, 0.3) is 22.0 Å². The molecule has 0 aliphatic heterocycles. The number of Topliss-reactive ketones (excluding diaryl/α,β-unsaturated/α-hetero) is 1. The summed E-state index contributed by atoms with van der Waals surface area (Å²) in [6, 6.07) is 21.2. The molecule has 172 valence electrons. The number of ketones is 1. The number of aromatic amines is 1. The van der Waals surface area contributed by atoms with E-state index >= 15 is 0 Å². The van der Waals surface area contributed by atoms with Gasteiger partial charge in [0.1, 0.15) is 11.5 Å². The Labute approximate surface area is 195 Å². The number of benzene rings is 3.